The minimum absolute atomic E-state index is 0. The second kappa shape index (κ2) is 8.25. The van der Waals surface area contributed by atoms with Crippen molar-refractivity contribution in [1.82, 2.24) is 0 Å². The molecule has 22 heavy (non-hydrogen) atoms. The van der Waals surface area contributed by atoms with Gasteiger partial charge in [0.25, 0.3) is 0 Å². The van der Waals surface area contributed by atoms with E-state index < -0.39 is 10.3 Å². The third-order valence-corrected chi connectivity index (χ3v) is 2.78. The third-order valence-electron chi connectivity index (χ3n) is 2.50. The first-order chi connectivity index (χ1) is 9.96. The van der Waals surface area contributed by atoms with Crippen molar-refractivity contribution in [2.45, 2.75) is 0 Å². The molecule has 0 atom stereocenters. The summed E-state index contributed by atoms with van der Waals surface area (Å²) in [5.41, 5.74) is 1.92. The Kier molecular flexibility index (Phi) is 6.98. The molecule has 0 aliphatic heterocycles. The van der Waals surface area contributed by atoms with Gasteiger partial charge in [-0.2, -0.15) is 0 Å². The van der Waals surface area contributed by atoms with Gasteiger partial charge in [0.15, 0.2) is 0 Å². The fourth-order valence-corrected chi connectivity index (χ4v) is 1.74. The third kappa shape index (κ3) is 6.12. The van der Waals surface area contributed by atoms with Crippen LogP contribution >= 0.6 is 0 Å². The van der Waals surface area contributed by atoms with Gasteiger partial charge in [-0.25, -0.2) is 8.42 Å². The zero-order chi connectivity index (χ0) is 15.3. The largest absolute Gasteiger partial charge is 1.00 e. The van der Waals surface area contributed by atoms with E-state index in [0.717, 1.165) is 17.1 Å². The van der Waals surface area contributed by atoms with Crippen molar-refractivity contribution < 1.29 is 47.3 Å². The van der Waals surface area contributed by atoms with Crippen molar-refractivity contribution in [1.29, 1.82) is 0 Å². The Labute approximate surface area is 150 Å². The van der Waals surface area contributed by atoms with Crippen molar-refractivity contribution in [2.24, 2.45) is 9.63 Å². The minimum Gasteiger partial charge on any atom is -0.728 e. The summed E-state index contributed by atoms with van der Waals surface area (Å²) in [4.78, 5) is 0. The number of methoxy groups -OCH3 is 1. The van der Waals surface area contributed by atoms with E-state index in [0.29, 0.717) is 0 Å². The maximum Gasteiger partial charge on any atom is 1.00 e. The van der Waals surface area contributed by atoms with E-state index in [1.54, 1.807) is 31.4 Å². The van der Waals surface area contributed by atoms with E-state index in [9.17, 15) is 13.0 Å². The summed E-state index contributed by atoms with van der Waals surface area (Å²) in [7, 11) is -3.11. The standard InChI is InChI=1S/C13H13N3O4S.Na/c1-20-13-8-6-11(7-9-13)14-10-2-4-12(5-3-10)15-16-21(17,18)19;/h2-9,14H,1H3,(H,17,18,19);/q;+1/p-1. The van der Waals surface area contributed by atoms with Gasteiger partial charge in [0.05, 0.1) is 12.8 Å². The van der Waals surface area contributed by atoms with Crippen LogP contribution in [0.2, 0.25) is 0 Å². The number of hydrogen-bond donors (Lipinski definition) is 1. The van der Waals surface area contributed by atoms with Crippen LogP contribution in [-0.2, 0) is 10.3 Å². The average Bonchev–Trinajstić information content (AvgIpc) is 2.46. The summed E-state index contributed by atoms with van der Waals surface area (Å²) in [6.45, 7) is 0. The normalized spacial score (nSPS) is 11.0. The molecule has 0 heterocycles. The average molecular weight is 329 g/mol. The number of hydrogen-bond acceptors (Lipinski definition) is 6. The molecule has 1 N–H and O–H groups in total. The van der Waals surface area contributed by atoms with Gasteiger partial charge >= 0.3 is 29.6 Å². The minimum atomic E-state index is -4.71. The van der Waals surface area contributed by atoms with Crippen LogP contribution in [0.15, 0.2) is 58.2 Å². The summed E-state index contributed by atoms with van der Waals surface area (Å²) in [6.07, 6.45) is 0. The van der Waals surface area contributed by atoms with Gasteiger partial charge in [0.2, 0.25) is 10.3 Å². The molecule has 2 aromatic carbocycles. The van der Waals surface area contributed by atoms with E-state index in [1.165, 1.54) is 0 Å². The molecule has 110 valence electrons. The summed E-state index contributed by atoms with van der Waals surface area (Å²) in [5.74, 6) is 0.759. The monoisotopic (exact) mass is 329 g/mol. The smallest absolute Gasteiger partial charge is 0.728 e. The molecule has 0 spiro atoms. The molecule has 0 bridgehead atoms. The molecule has 0 saturated carbocycles. The van der Waals surface area contributed by atoms with Crippen LogP contribution < -0.4 is 39.6 Å². The van der Waals surface area contributed by atoms with Gasteiger partial charge in [0.1, 0.15) is 5.75 Å². The molecule has 2 rings (SSSR count). The van der Waals surface area contributed by atoms with E-state index in [-0.39, 0.29) is 35.2 Å². The van der Waals surface area contributed by atoms with Crippen LogP contribution in [0, 0.1) is 0 Å². The van der Waals surface area contributed by atoms with Gasteiger partial charge in [-0.05, 0) is 48.5 Å². The first-order valence-electron chi connectivity index (χ1n) is 5.86. The fraction of sp³-hybridized carbons (Fsp3) is 0.0769. The molecule has 0 aliphatic rings. The molecule has 0 fully saturated rings. The number of nitrogens with zero attached hydrogens (tertiary/aromatic N) is 2. The van der Waals surface area contributed by atoms with Gasteiger partial charge in [0, 0.05) is 11.4 Å². The molecule has 0 aromatic heterocycles. The second-order valence-corrected chi connectivity index (χ2v) is 5.03. The number of nitrogens with one attached hydrogen (secondary N) is 1. The molecule has 0 amide bonds. The molecule has 0 radical (unpaired) electrons. The van der Waals surface area contributed by atoms with Crippen LogP contribution in [0.5, 0.6) is 5.75 Å². The van der Waals surface area contributed by atoms with E-state index in [4.69, 9.17) is 4.74 Å². The molecule has 0 unspecified atom stereocenters. The topological polar surface area (TPSA) is 103 Å². The van der Waals surface area contributed by atoms with Crippen LogP contribution in [0.3, 0.4) is 0 Å². The van der Waals surface area contributed by atoms with Crippen molar-refractivity contribution in [3.05, 3.63) is 48.5 Å². The SMILES string of the molecule is COc1ccc(Nc2ccc(N=NS(=O)(=O)[O-])cc2)cc1.[Na+]. The molecular weight excluding hydrogens is 317 g/mol. The quantitative estimate of drug-likeness (QED) is 0.472. The molecule has 7 nitrogen and oxygen atoms in total. The van der Waals surface area contributed by atoms with Crippen LogP contribution in [0.4, 0.5) is 17.1 Å². The van der Waals surface area contributed by atoms with Crippen LogP contribution in [0.25, 0.3) is 0 Å². The number of benzene rings is 2. The summed E-state index contributed by atoms with van der Waals surface area (Å²) >= 11 is 0. The zero-order valence-corrected chi connectivity index (χ0v) is 14.9. The van der Waals surface area contributed by atoms with Crippen molar-refractivity contribution in [3.63, 3.8) is 0 Å². The van der Waals surface area contributed by atoms with Crippen molar-refractivity contribution >= 4 is 27.4 Å². The first-order valence-corrected chi connectivity index (χ1v) is 7.23. The molecule has 0 saturated heterocycles. The molecule has 9 heteroatoms. The number of ether oxygens (including phenoxy) is 1. The maximum absolute atomic E-state index is 10.3. The zero-order valence-electron chi connectivity index (χ0n) is 12.1. The van der Waals surface area contributed by atoms with Crippen molar-refractivity contribution in [3.8, 4) is 5.75 Å². The van der Waals surface area contributed by atoms with Crippen LogP contribution in [-0.4, -0.2) is 20.1 Å². The maximum atomic E-state index is 10.3. The Balaban J connectivity index is 0.00000242. The van der Waals surface area contributed by atoms with Gasteiger partial charge in [-0.15, -0.1) is 5.11 Å². The van der Waals surface area contributed by atoms with Crippen molar-refractivity contribution in [2.75, 3.05) is 12.4 Å². The Morgan fingerprint density at radius 1 is 1.00 bits per heavy atom. The fourth-order valence-electron chi connectivity index (χ4n) is 1.55. The molecule has 0 aliphatic carbocycles. The predicted octanol–water partition coefficient (Wildman–Crippen LogP) is -0.0133. The molecular formula is C13H12N3NaO4S. The summed E-state index contributed by atoms with van der Waals surface area (Å²) in [5, 5.41) is 6.48. The molecule has 2 aromatic rings. The Hall–Kier alpha value is -1.45. The van der Waals surface area contributed by atoms with E-state index in [1.807, 2.05) is 24.3 Å². The summed E-state index contributed by atoms with van der Waals surface area (Å²) < 4.78 is 38.7. The second-order valence-electron chi connectivity index (χ2n) is 4.01. The van der Waals surface area contributed by atoms with Crippen LogP contribution in [0.1, 0.15) is 0 Å². The first kappa shape index (κ1) is 18.6. The Morgan fingerprint density at radius 3 is 1.95 bits per heavy atom. The van der Waals surface area contributed by atoms with E-state index >= 15 is 0 Å². The van der Waals surface area contributed by atoms with Gasteiger partial charge < -0.3 is 14.6 Å². The number of anilines is 2. The van der Waals surface area contributed by atoms with E-state index in [2.05, 4.69) is 15.0 Å². The van der Waals surface area contributed by atoms with Gasteiger partial charge in [-0.3, -0.25) is 0 Å². The Bertz CT molecular complexity index is 731. The van der Waals surface area contributed by atoms with Gasteiger partial charge in [-0.1, -0.05) is 4.52 Å². The number of rotatable bonds is 5. The Morgan fingerprint density at radius 2 is 1.50 bits per heavy atom. The predicted molar refractivity (Wildman–Crippen MR) is 76.9 cm³/mol. The summed E-state index contributed by atoms with van der Waals surface area (Å²) in [6, 6.07) is 13.8.